The molecule has 0 aliphatic carbocycles. The molecule has 94 valence electrons. The van der Waals surface area contributed by atoms with Crippen LogP contribution in [0, 0.1) is 0 Å². The van der Waals surface area contributed by atoms with Crippen LogP contribution < -0.4 is 11.5 Å². The Morgan fingerprint density at radius 2 is 1.44 bits per heavy atom. The van der Waals surface area contributed by atoms with Crippen molar-refractivity contribution in [3.05, 3.63) is 47.5 Å². The van der Waals surface area contributed by atoms with Gasteiger partial charge < -0.3 is 11.5 Å². The third-order valence-electron chi connectivity index (χ3n) is 3.35. The highest BCUT2D eigenvalue weighted by atomic mass is 14.6. The van der Waals surface area contributed by atoms with Gasteiger partial charge >= 0.3 is 0 Å². The Kier molecular flexibility index (Phi) is 3.56. The van der Waals surface area contributed by atoms with E-state index in [-0.39, 0.29) is 0 Å². The van der Waals surface area contributed by atoms with Crippen LogP contribution in [0.2, 0.25) is 0 Å². The summed E-state index contributed by atoms with van der Waals surface area (Å²) in [5, 5.41) is 0. The minimum atomic E-state index is 0.794. The van der Waals surface area contributed by atoms with Gasteiger partial charge in [-0.3, -0.25) is 0 Å². The van der Waals surface area contributed by atoms with Gasteiger partial charge in [0.15, 0.2) is 0 Å². The highest BCUT2D eigenvalue weighted by Gasteiger charge is 2.08. The number of anilines is 2. The summed E-state index contributed by atoms with van der Waals surface area (Å²) in [4.78, 5) is 0. The van der Waals surface area contributed by atoms with Crippen molar-refractivity contribution in [2.45, 2.75) is 26.7 Å². The van der Waals surface area contributed by atoms with E-state index < -0.39 is 0 Å². The summed E-state index contributed by atoms with van der Waals surface area (Å²) in [5.74, 6) is 0. The third kappa shape index (κ3) is 2.33. The Bertz CT molecular complexity index is 542. The molecule has 0 amide bonds. The smallest absolute Gasteiger partial charge is 0.0349 e. The molecule has 4 N–H and O–H groups in total. The Morgan fingerprint density at radius 1 is 0.833 bits per heavy atom. The molecule has 0 heterocycles. The molecule has 0 aromatic heterocycles. The molecule has 2 aromatic rings. The van der Waals surface area contributed by atoms with E-state index in [4.69, 9.17) is 11.5 Å². The lowest BCUT2D eigenvalue weighted by molar-refractivity contribution is 1.11. The fourth-order valence-electron chi connectivity index (χ4n) is 2.24. The molecule has 0 radical (unpaired) electrons. The van der Waals surface area contributed by atoms with Crippen molar-refractivity contribution >= 4 is 11.4 Å². The summed E-state index contributed by atoms with van der Waals surface area (Å²) < 4.78 is 0. The van der Waals surface area contributed by atoms with Crippen molar-refractivity contribution < 1.29 is 0 Å². The second-order valence-electron chi connectivity index (χ2n) is 4.54. The van der Waals surface area contributed by atoms with Crippen LogP contribution in [0.3, 0.4) is 0 Å². The van der Waals surface area contributed by atoms with Gasteiger partial charge in [0, 0.05) is 11.4 Å². The van der Waals surface area contributed by atoms with E-state index in [9.17, 15) is 0 Å². The van der Waals surface area contributed by atoms with Gasteiger partial charge in [0.25, 0.3) is 0 Å². The quantitative estimate of drug-likeness (QED) is 0.805. The highest BCUT2D eigenvalue weighted by molar-refractivity contribution is 5.73. The fourth-order valence-corrected chi connectivity index (χ4v) is 2.24. The number of nitrogen functional groups attached to an aromatic ring is 2. The predicted molar refractivity (Wildman–Crippen MR) is 79.5 cm³/mol. The maximum Gasteiger partial charge on any atom is 0.0349 e. The number of hydrogen-bond acceptors (Lipinski definition) is 2. The van der Waals surface area contributed by atoms with Crippen LogP contribution in [0.1, 0.15) is 25.0 Å². The molecule has 0 spiro atoms. The van der Waals surface area contributed by atoms with E-state index in [1.165, 1.54) is 22.3 Å². The zero-order chi connectivity index (χ0) is 13.1. The first-order chi connectivity index (χ1) is 8.65. The van der Waals surface area contributed by atoms with Crippen molar-refractivity contribution in [2.24, 2.45) is 0 Å². The molecule has 0 atom stereocenters. The fraction of sp³-hybridized carbons (Fsp3) is 0.250. The zero-order valence-corrected chi connectivity index (χ0v) is 11.0. The molecule has 0 aliphatic rings. The summed E-state index contributed by atoms with van der Waals surface area (Å²) in [5.41, 5.74) is 18.5. The molecule has 0 fully saturated rings. The van der Waals surface area contributed by atoms with E-state index in [0.717, 1.165) is 24.2 Å². The van der Waals surface area contributed by atoms with E-state index >= 15 is 0 Å². The lowest BCUT2D eigenvalue weighted by atomic mass is 9.94. The lowest BCUT2D eigenvalue weighted by Gasteiger charge is -2.13. The van der Waals surface area contributed by atoms with Crippen LogP contribution in [0.5, 0.6) is 0 Å². The molecule has 0 saturated heterocycles. The number of aryl methyl sites for hydroxylation is 2. The average Bonchev–Trinajstić information content (AvgIpc) is 2.39. The second-order valence-corrected chi connectivity index (χ2v) is 4.54. The van der Waals surface area contributed by atoms with Gasteiger partial charge in [-0.1, -0.05) is 26.0 Å². The van der Waals surface area contributed by atoms with Gasteiger partial charge in [-0.05, 0) is 59.4 Å². The molecular weight excluding hydrogens is 220 g/mol. The standard InChI is InChI=1S/C16H20N2/c1-3-11-10-16(18)12(4-2)9-15(11)13-5-7-14(17)8-6-13/h5-10H,3-4,17-18H2,1-2H3. The van der Waals surface area contributed by atoms with Crippen LogP contribution in [0.25, 0.3) is 11.1 Å². The van der Waals surface area contributed by atoms with Gasteiger partial charge in [0.2, 0.25) is 0 Å². The van der Waals surface area contributed by atoms with Crippen molar-refractivity contribution in [1.29, 1.82) is 0 Å². The van der Waals surface area contributed by atoms with E-state index in [1.807, 2.05) is 12.1 Å². The Labute approximate surface area is 109 Å². The molecule has 2 rings (SSSR count). The molecule has 0 saturated carbocycles. The summed E-state index contributed by atoms with van der Waals surface area (Å²) in [6.07, 6.45) is 1.94. The SMILES string of the molecule is CCc1cc(-c2ccc(N)cc2)c(CC)cc1N. The minimum Gasteiger partial charge on any atom is -0.399 e. The molecule has 18 heavy (non-hydrogen) atoms. The first kappa shape index (κ1) is 12.5. The Balaban J connectivity index is 2.57. The van der Waals surface area contributed by atoms with Crippen molar-refractivity contribution in [2.75, 3.05) is 11.5 Å². The minimum absolute atomic E-state index is 0.794. The molecule has 0 bridgehead atoms. The molecule has 0 unspecified atom stereocenters. The number of rotatable bonds is 3. The number of hydrogen-bond donors (Lipinski definition) is 2. The van der Waals surface area contributed by atoms with Crippen LogP contribution in [-0.4, -0.2) is 0 Å². The van der Waals surface area contributed by atoms with Crippen LogP contribution in [0.4, 0.5) is 11.4 Å². The van der Waals surface area contributed by atoms with Crippen molar-refractivity contribution in [1.82, 2.24) is 0 Å². The molecule has 0 aliphatic heterocycles. The summed E-state index contributed by atoms with van der Waals surface area (Å²) >= 11 is 0. The van der Waals surface area contributed by atoms with Crippen LogP contribution >= 0.6 is 0 Å². The Morgan fingerprint density at radius 3 is 2.00 bits per heavy atom. The van der Waals surface area contributed by atoms with Crippen molar-refractivity contribution in [3.8, 4) is 11.1 Å². The summed E-state index contributed by atoms with van der Waals surface area (Å²) in [6, 6.07) is 12.3. The normalized spacial score (nSPS) is 10.6. The second kappa shape index (κ2) is 5.13. The first-order valence-electron chi connectivity index (χ1n) is 6.42. The van der Waals surface area contributed by atoms with Crippen molar-refractivity contribution in [3.63, 3.8) is 0 Å². The summed E-state index contributed by atoms with van der Waals surface area (Å²) in [6.45, 7) is 4.28. The van der Waals surface area contributed by atoms with Gasteiger partial charge in [0.1, 0.15) is 0 Å². The zero-order valence-electron chi connectivity index (χ0n) is 11.0. The summed E-state index contributed by atoms with van der Waals surface area (Å²) in [7, 11) is 0. The van der Waals surface area contributed by atoms with Gasteiger partial charge in [-0.25, -0.2) is 0 Å². The molecular formula is C16H20N2. The first-order valence-corrected chi connectivity index (χ1v) is 6.42. The predicted octanol–water partition coefficient (Wildman–Crippen LogP) is 3.64. The van der Waals surface area contributed by atoms with E-state index in [1.54, 1.807) is 0 Å². The maximum atomic E-state index is 6.06. The molecule has 2 nitrogen and oxygen atoms in total. The van der Waals surface area contributed by atoms with Gasteiger partial charge in [0.05, 0.1) is 0 Å². The molecule has 2 heteroatoms. The third-order valence-corrected chi connectivity index (χ3v) is 3.35. The monoisotopic (exact) mass is 240 g/mol. The number of nitrogens with two attached hydrogens (primary N) is 2. The Hall–Kier alpha value is -1.96. The lowest BCUT2D eigenvalue weighted by Crippen LogP contribution is -1.98. The van der Waals surface area contributed by atoms with E-state index in [0.29, 0.717) is 0 Å². The molecule has 2 aromatic carbocycles. The maximum absolute atomic E-state index is 6.06. The van der Waals surface area contributed by atoms with Crippen LogP contribution in [-0.2, 0) is 12.8 Å². The van der Waals surface area contributed by atoms with E-state index in [2.05, 4.69) is 38.1 Å². The van der Waals surface area contributed by atoms with Gasteiger partial charge in [-0.15, -0.1) is 0 Å². The highest BCUT2D eigenvalue weighted by Crippen LogP contribution is 2.29. The largest absolute Gasteiger partial charge is 0.399 e. The topological polar surface area (TPSA) is 52.0 Å². The van der Waals surface area contributed by atoms with Gasteiger partial charge in [-0.2, -0.15) is 0 Å². The number of benzene rings is 2. The average molecular weight is 240 g/mol. The van der Waals surface area contributed by atoms with Crippen LogP contribution in [0.15, 0.2) is 36.4 Å².